The Bertz CT molecular complexity index is 657. The van der Waals surface area contributed by atoms with Crippen molar-refractivity contribution in [3.8, 4) is 0 Å². The van der Waals surface area contributed by atoms with Crippen molar-refractivity contribution in [2.75, 3.05) is 11.9 Å². The Morgan fingerprint density at radius 3 is 2.86 bits per heavy atom. The highest BCUT2D eigenvalue weighted by Crippen LogP contribution is 2.24. The first-order valence-electron chi connectivity index (χ1n) is 6.97. The summed E-state index contributed by atoms with van der Waals surface area (Å²) in [4.78, 5) is 14.6. The largest absolute Gasteiger partial charge is 0.379 e. The van der Waals surface area contributed by atoms with Gasteiger partial charge in [-0.1, -0.05) is 19.0 Å². The Hall–Kier alpha value is -2.51. The van der Waals surface area contributed by atoms with Crippen molar-refractivity contribution in [1.82, 2.24) is 10.1 Å². The third kappa shape index (κ3) is 4.00. The van der Waals surface area contributed by atoms with Gasteiger partial charge in [0.1, 0.15) is 11.5 Å². The molecular formula is C14H17FN4O3. The van der Waals surface area contributed by atoms with Gasteiger partial charge in [0.15, 0.2) is 5.82 Å². The molecule has 1 heterocycles. The molecule has 0 radical (unpaired) electrons. The number of hydrogen-bond donors (Lipinski definition) is 1. The van der Waals surface area contributed by atoms with Crippen LogP contribution in [0.1, 0.15) is 37.9 Å². The summed E-state index contributed by atoms with van der Waals surface area (Å²) >= 11 is 0. The zero-order valence-corrected chi connectivity index (χ0v) is 12.4. The molecule has 22 heavy (non-hydrogen) atoms. The smallest absolute Gasteiger partial charge is 0.292 e. The molecule has 2 aromatic rings. The maximum Gasteiger partial charge on any atom is 0.292 e. The van der Waals surface area contributed by atoms with Gasteiger partial charge in [-0.15, -0.1) is 0 Å². The summed E-state index contributed by atoms with van der Waals surface area (Å²) in [5, 5.41) is 17.6. The molecule has 118 valence electrons. The number of rotatable bonds is 7. The number of hydrogen-bond acceptors (Lipinski definition) is 6. The molecule has 7 nitrogen and oxygen atoms in total. The van der Waals surface area contributed by atoms with Crippen LogP contribution in [0.25, 0.3) is 0 Å². The van der Waals surface area contributed by atoms with Gasteiger partial charge in [-0.05, 0) is 12.5 Å². The van der Waals surface area contributed by atoms with Crippen LogP contribution in [0.5, 0.6) is 0 Å². The lowest BCUT2D eigenvalue weighted by molar-refractivity contribution is -0.384. The summed E-state index contributed by atoms with van der Waals surface area (Å²) in [5.41, 5.74) is 0.0136. The molecule has 8 heteroatoms. The molecule has 1 aromatic carbocycles. The number of nitro groups is 1. The van der Waals surface area contributed by atoms with Gasteiger partial charge in [0.05, 0.1) is 4.92 Å². The quantitative estimate of drug-likeness (QED) is 0.479. The highest BCUT2D eigenvalue weighted by molar-refractivity contribution is 5.61. The molecule has 0 unspecified atom stereocenters. The molecule has 1 aromatic heterocycles. The first kappa shape index (κ1) is 15.9. The van der Waals surface area contributed by atoms with E-state index in [1.165, 1.54) is 0 Å². The molecule has 0 atom stereocenters. The summed E-state index contributed by atoms with van der Waals surface area (Å²) in [6.45, 7) is 4.38. The fourth-order valence-corrected chi connectivity index (χ4v) is 1.88. The zero-order valence-electron chi connectivity index (χ0n) is 12.4. The van der Waals surface area contributed by atoms with Gasteiger partial charge in [-0.25, -0.2) is 4.39 Å². The van der Waals surface area contributed by atoms with Crippen LogP contribution >= 0.6 is 0 Å². The van der Waals surface area contributed by atoms with Crippen molar-refractivity contribution >= 4 is 11.4 Å². The van der Waals surface area contributed by atoms with E-state index in [1.54, 1.807) is 0 Å². The average Bonchev–Trinajstić information content (AvgIpc) is 2.92. The normalized spacial score (nSPS) is 10.9. The molecule has 0 bridgehead atoms. The Labute approximate surface area is 126 Å². The fourth-order valence-electron chi connectivity index (χ4n) is 1.88. The van der Waals surface area contributed by atoms with E-state index >= 15 is 0 Å². The lowest BCUT2D eigenvalue weighted by Gasteiger charge is -2.06. The van der Waals surface area contributed by atoms with Crippen molar-refractivity contribution in [2.24, 2.45) is 0 Å². The molecule has 0 saturated heterocycles. The van der Waals surface area contributed by atoms with Crippen LogP contribution in [-0.4, -0.2) is 21.6 Å². The minimum absolute atomic E-state index is 0.152. The Morgan fingerprint density at radius 2 is 2.23 bits per heavy atom. The van der Waals surface area contributed by atoms with Crippen molar-refractivity contribution < 1.29 is 13.8 Å². The molecule has 0 aliphatic rings. The zero-order chi connectivity index (χ0) is 16.1. The molecule has 1 N–H and O–H groups in total. The minimum Gasteiger partial charge on any atom is -0.379 e. The van der Waals surface area contributed by atoms with Crippen molar-refractivity contribution in [3.63, 3.8) is 0 Å². The molecule has 0 saturated carbocycles. The molecule has 0 aliphatic carbocycles. The van der Waals surface area contributed by atoms with Gasteiger partial charge in [-0.2, -0.15) is 4.98 Å². The summed E-state index contributed by atoms with van der Waals surface area (Å²) in [5.74, 6) is 0.861. The summed E-state index contributed by atoms with van der Waals surface area (Å²) in [6, 6.07) is 3.32. The monoisotopic (exact) mass is 308 g/mol. The average molecular weight is 308 g/mol. The fraction of sp³-hybridized carbons (Fsp3) is 0.429. The van der Waals surface area contributed by atoms with Crippen LogP contribution in [-0.2, 0) is 6.42 Å². The number of benzene rings is 1. The molecule has 2 rings (SSSR count). The maximum atomic E-state index is 13.2. The van der Waals surface area contributed by atoms with E-state index in [9.17, 15) is 14.5 Å². The molecular weight excluding hydrogens is 291 g/mol. The second-order valence-corrected chi connectivity index (χ2v) is 5.15. The second kappa shape index (κ2) is 6.97. The number of aromatic nitrogens is 2. The van der Waals surface area contributed by atoms with Gasteiger partial charge in [0.25, 0.3) is 5.69 Å². The summed E-state index contributed by atoms with van der Waals surface area (Å²) in [6.07, 6.45) is 1.18. The van der Waals surface area contributed by atoms with Gasteiger partial charge in [0.2, 0.25) is 5.89 Å². The van der Waals surface area contributed by atoms with Crippen molar-refractivity contribution in [1.29, 1.82) is 0 Å². The number of nitro benzene ring substituents is 1. The third-order valence-electron chi connectivity index (χ3n) is 3.04. The van der Waals surface area contributed by atoms with Gasteiger partial charge < -0.3 is 9.84 Å². The number of nitrogens with one attached hydrogen (secondary N) is 1. The lowest BCUT2D eigenvalue weighted by Crippen LogP contribution is -2.06. The van der Waals surface area contributed by atoms with E-state index in [1.807, 2.05) is 13.8 Å². The van der Waals surface area contributed by atoms with Crippen LogP contribution in [0.4, 0.5) is 15.8 Å². The predicted octanol–water partition coefficient (Wildman–Crippen LogP) is 3.29. The summed E-state index contributed by atoms with van der Waals surface area (Å²) < 4.78 is 18.3. The highest BCUT2D eigenvalue weighted by Gasteiger charge is 2.14. The van der Waals surface area contributed by atoms with Gasteiger partial charge >= 0.3 is 0 Å². The molecule has 0 fully saturated rings. The lowest BCUT2D eigenvalue weighted by atomic mass is 10.2. The number of aryl methyl sites for hydroxylation is 1. The van der Waals surface area contributed by atoms with Crippen LogP contribution in [0, 0.1) is 15.9 Å². The first-order chi connectivity index (χ1) is 10.5. The maximum absolute atomic E-state index is 13.2. The first-order valence-corrected chi connectivity index (χ1v) is 6.97. The number of halogens is 1. The van der Waals surface area contributed by atoms with Crippen LogP contribution < -0.4 is 5.32 Å². The molecule has 0 spiro atoms. The minimum atomic E-state index is -0.547. The Kier molecular flexibility index (Phi) is 5.03. The Morgan fingerprint density at radius 1 is 1.45 bits per heavy atom. The topological polar surface area (TPSA) is 94.1 Å². The van der Waals surface area contributed by atoms with Crippen LogP contribution in [0.2, 0.25) is 0 Å². The SMILES string of the molecule is CC(C)c1noc(CCCNc2cc(F)ccc2[N+](=O)[O-])n1. The standard InChI is InChI=1S/C14H17FN4O3/c1-9(2)14-17-13(22-18-14)4-3-7-16-11-8-10(15)5-6-12(11)19(20)21/h5-6,8-9,16H,3-4,7H2,1-2H3. The van der Waals surface area contributed by atoms with E-state index in [-0.39, 0.29) is 17.3 Å². The van der Waals surface area contributed by atoms with Gasteiger partial charge in [-0.3, -0.25) is 10.1 Å². The van der Waals surface area contributed by atoms with E-state index < -0.39 is 10.7 Å². The van der Waals surface area contributed by atoms with Crippen LogP contribution in [0.3, 0.4) is 0 Å². The Balaban J connectivity index is 1.88. The molecule has 0 amide bonds. The van der Waals surface area contributed by atoms with E-state index in [2.05, 4.69) is 15.5 Å². The van der Waals surface area contributed by atoms with Gasteiger partial charge in [0, 0.05) is 31.0 Å². The number of nitrogens with zero attached hydrogens (tertiary/aromatic N) is 3. The van der Waals surface area contributed by atoms with E-state index in [0.717, 1.165) is 18.2 Å². The van der Waals surface area contributed by atoms with Crippen LogP contribution in [0.15, 0.2) is 22.7 Å². The third-order valence-corrected chi connectivity index (χ3v) is 3.04. The second-order valence-electron chi connectivity index (χ2n) is 5.15. The summed E-state index contributed by atoms with van der Waals surface area (Å²) in [7, 11) is 0. The molecule has 0 aliphatic heterocycles. The number of anilines is 1. The van der Waals surface area contributed by atoms with E-state index in [4.69, 9.17) is 4.52 Å². The van der Waals surface area contributed by atoms with E-state index in [0.29, 0.717) is 31.1 Å². The van der Waals surface area contributed by atoms with Crippen molar-refractivity contribution in [3.05, 3.63) is 45.8 Å². The predicted molar refractivity (Wildman–Crippen MR) is 78.3 cm³/mol. The highest BCUT2D eigenvalue weighted by atomic mass is 19.1. The van der Waals surface area contributed by atoms with Crippen molar-refractivity contribution in [2.45, 2.75) is 32.6 Å².